The number of hydrogen-bond donors (Lipinski definition) is 4. The molecule has 3 aromatic carbocycles. The maximum Gasteiger partial charge on any atom is 0.141 e. The van der Waals surface area contributed by atoms with E-state index in [9.17, 15) is 9.65 Å². The number of benzene rings is 3. The van der Waals surface area contributed by atoms with Crippen molar-refractivity contribution in [3.8, 4) is 6.07 Å². The summed E-state index contributed by atoms with van der Waals surface area (Å²) in [5.74, 6) is -0.525. The van der Waals surface area contributed by atoms with Crippen molar-refractivity contribution in [2.45, 2.75) is 31.8 Å². The summed E-state index contributed by atoms with van der Waals surface area (Å²) in [6.07, 6.45) is 5.78. The van der Waals surface area contributed by atoms with Gasteiger partial charge in [0.15, 0.2) is 0 Å². The number of nitrogens with zero attached hydrogens (tertiary/aromatic N) is 4. The quantitative estimate of drug-likeness (QED) is 0.167. The number of fused-ring (bicyclic) bond motifs is 1. The lowest BCUT2D eigenvalue weighted by Crippen LogP contribution is -2.48. The lowest BCUT2D eigenvalue weighted by molar-refractivity contribution is 0.112. The molecule has 4 aromatic rings. The lowest BCUT2D eigenvalue weighted by Gasteiger charge is -2.35. The second kappa shape index (κ2) is 12.7. The first-order valence-electron chi connectivity index (χ1n) is 14.2. The number of nitrogens with one attached hydrogen (secondary N) is 4. The van der Waals surface area contributed by atoms with Crippen molar-refractivity contribution in [1.82, 2.24) is 25.9 Å². The van der Waals surface area contributed by atoms with E-state index in [1.54, 1.807) is 6.07 Å². The molecule has 2 aliphatic heterocycles. The van der Waals surface area contributed by atoms with E-state index in [1.165, 1.54) is 18.3 Å². The van der Waals surface area contributed by atoms with Crippen LogP contribution < -0.4 is 21.6 Å². The third-order valence-corrected chi connectivity index (χ3v) is 8.57. The molecular formula is C32H31Cl2FN8. The van der Waals surface area contributed by atoms with Crippen LogP contribution in [-0.4, -0.2) is 40.6 Å². The van der Waals surface area contributed by atoms with Crippen molar-refractivity contribution in [2.75, 3.05) is 30.3 Å². The third kappa shape index (κ3) is 6.19. The number of piperidine rings is 1. The number of halogens is 3. The number of rotatable bonds is 8. The Morgan fingerprint density at radius 3 is 2.56 bits per heavy atom. The van der Waals surface area contributed by atoms with Crippen LogP contribution in [0.25, 0.3) is 10.9 Å². The molecule has 220 valence electrons. The number of aromatic nitrogens is 1. The molecule has 0 radical (unpaired) electrons. The lowest BCUT2D eigenvalue weighted by atomic mass is 10.0. The molecule has 0 saturated carbocycles. The summed E-state index contributed by atoms with van der Waals surface area (Å²) in [5.41, 5.74) is 11.4. The highest BCUT2D eigenvalue weighted by atomic mass is 35.5. The molecule has 2 aliphatic rings. The van der Waals surface area contributed by atoms with Gasteiger partial charge in [0, 0.05) is 48.3 Å². The van der Waals surface area contributed by atoms with Gasteiger partial charge in [-0.25, -0.2) is 4.39 Å². The van der Waals surface area contributed by atoms with Gasteiger partial charge in [-0.3, -0.25) is 9.99 Å². The smallest absolute Gasteiger partial charge is 0.141 e. The molecule has 1 aromatic heterocycles. The summed E-state index contributed by atoms with van der Waals surface area (Å²) in [6, 6.07) is 20.6. The number of nitriles is 1. The summed E-state index contributed by atoms with van der Waals surface area (Å²) in [4.78, 5) is 6.94. The van der Waals surface area contributed by atoms with Gasteiger partial charge in [0.25, 0.3) is 0 Å². The molecular weight excluding hydrogens is 586 g/mol. The van der Waals surface area contributed by atoms with Crippen LogP contribution in [-0.2, 0) is 0 Å². The summed E-state index contributed by atoms with van der Waals surface area (Å²) in [6.45, 7) is 5.45. The molecule has 8 nitrogen and oxygen atoms in total. The van der Waals surface area contributed by atoms with E-state index in [1.807, 2.05) is 30.3 Å². The Kier molecular flexibility index (Phi) is 8.54. The minimum absolute atomic E-state index is 0.0242. The Hall–Kier alpha value is -4.07. The largest absolute Gasteiger partial charge is 0.373 e. The molecule has 0 aliphatic carbocycles. The maximum atomic E-state index is 13.8. The minimum Gasteiger partial charge on any atom is -0.373 e. The molecule has 1 fully saturated rings. The zero-order valence-electron chi connectivity index (χ0n) is 23.5. The average Bonchev–Trinajstić information content (AvgIpc) is 3.52. The number of hydrazine groups is 2. The SMILES string of the molecule is CCN1CCC(N2C=C([C@@H](Nc3cc(Cl)c4ncc(C#N)c(Nc5ccc(F)c(Cl)c5)c4c3)c3ccccc3)NN2)CC1. The number of pyridine rings is 1. The second-order valence-electron chi connectivity index (χ2n) is 10.6. The predicted octanol–water partition coefficient (Wildman–Crippen LogP) is 7.10. The van der Waals surface area contributed by atoms with Gasteiger partial charge in [0.2, 0.25) is 0 Å². The van der Waals surface area contributed by atoms with Crippen LogP contribution >= 0.6 is 23.2 Å². The fourth-order valence-corrected chi connectivity index (χ4v) is 6.08. The van der Waals surface area contributed by atoms with E-state index in [4.69, 9.17) is 23.2 Å². The first-order valence-corrected chi connectivity index (χ1v) is 15.0. The molecule has 0 amide bonds. The van der Waals surface area contributed by atoms with E-state index >= 15 is 0 Å². The van der Waals surface area contributed by atoms with Gasteiger partial charge >= 0.3 is 0 Å². The normalized spacial score (nSPS) is 16.4. The molecule has 1 atom stereocenters. The molecule has 4 N–H and O–H groups in total. The molecule has 6 rings (SSSR count). The van der Waals surface area contributed by atoms with Crippen LogP contribution in [0.4, 0.5) is 21.5 Å². The summed E-state index contributed by atoms with van der Waals surface area (Å²) in [5, 5.41) is 20.0. The summed E-state index contributed by atoms with van der Waals surface area (Å²) < 4.78 is 13.8. The van der Waals surface area contributed by atoms with Crippen LogP contribution in [0.3, 0.4) is 0 Å². The molecule has 43 heavy (non-hydrogen) atoms. The van der Waals surface area contributed by atoms with Gasteiger partial charge in [-0.1, -0.05) is 60.5 Å². The molecule has 11 heteroatoms. The maximum absolute atomic E-state index is 13.8. The van der Waals surface area contributed by atoms with E-state index in [-0.39, 0.29) is 11.1 Å². The molecule has 3 heterocycles. The summed E-state index contributed by atoms with van der Waals surface area (Å²) >= 11 is 12.8. The second-order valence-corrected chi connectivity index (χ2v) is 11.5. The van der Waals surface area contributed by atoms with Crippen LogP contribution in [0.1, 0.15) is 36.9 Å². The van der Waals surface area contributed by atoms with Crippen LogP contribution in [0, 0.1) is 17.1 Å². The van der Waals surface area contributed by atoms with Gasteiger partial charge in [-0.15, -0.1) is 5.53 Å². The zero-order valence-corrected chi connectivity index (χ0v) is 25.1. The first kappa shape index (κ1) is 29.0. The van der Waals surface area contributed by atoms with Crippen molar-refractivity contribution in [2.24, 2.45) is 0 Å². The first-order chi connectivity index (χ1) is 20.9. The fourth-order valence-electron chi connectivity index (χ4n) is 5.63. The van der Waals surface area contributed by atoms with Crippen molar-refractivity contribution >= 4 is 51.2 Å². The van der Waals surface area contributed by atoms with Crippen molar-refractivity contribution in [3.05, 3.63) is 106 Å². The number of hydrogen-bond acceptors (Lipinski definition) is 8. The Morgan fingerprint density at radius 2 is 1.84 bits per heavy atom. The van der Waals surface area contributed by atoms with Gasteiger partial charge in [-0.05, 0) is 55.3 Å². The fraction of sp³-hybridized carbons (Fsp3) is 0.250. The van der Waals surface area contributed by atoms with E-state index in [0.717, 1.165) is 49.4 Å². The van der Waals surface area contributed by atoms with Crippen molar-refractivity contribution in [1.29, 1.82) is 5.26 Å². The Labute approximate surface area is 260 Å². The molecule has 0 spiro atoms. The van der Waals surface area contributed by atoms with Gasteiger partial charge in [-0.2, -0.15) is 5.26 Å². The van der Waals surface area contributed by atoms with Crippen LogP contribution in [0.5, 0.6) is 0 Å². The molecule has 1 saturated heterocycles. The Morgan fingerprint density at radius 1 is 1.07 bits per heavy atom. The third-order valence-electron chi connectivity index (χ3n) is 7.99. The van der Waals surface area contributed by atoms with Crippen LogP contribution in [0.2, 0.25) is 10.0 Å². The highest BCUT2D eigenvalue weighted by Crippen LogP contribution is 2.37. The average molecular weight is 618 g/mol. The molecule has 0 unspecified atom stereocenters. The standard InChI is InChI=1S/C32H31Cl2FN8/c1-2-42-12-10-24(11-13-42)43-19-29(40-41-43)31(20-6-4-3-5-7-20)39-23-14-25-30(38-22-8-9-28(35)26(33)15-22)21(17-36)18-37-32(25)27(34)16-23/h3-9,14-16,18-19,24,31,39-41H,2,10-13H2,1H3,(H,37,38)/t31-/m0/s1. The number of anilines is 3. The van der Waals surface area contributed by atoms with E-state index in [2.05, 4.69) is 67.8 Å². The predicted molar refractivity (Wildman–Crippen MR) is 170 cm³/mol. The highest BCUT2D eigenvalue weighted by molar-refractivity contribution is 6.36. The monoisotopic (exact) mass is 616 g/mol. The van der Waals surface area contributed by atoms with Crippen LogP contribution in [0.15, 0.2) is 78.8 Å². The number of likely N-dealkylation sites (tertiary alicyclic amines) is 1. The topological polar surface area (TPSA) is 91.3 Å². The zero-order chi connectivity index (χ0) is 29.9. The minimum atomic E-state index is -0.525. The van der Waals surface area contributed by atoms with Gasteiger partial charge in [0.1, 0.15) is 11.9 Å². The molecule has 0 bridgehead atoms. The van der Waals surface area contributed by atoms with Crippen molar-refractivity contribution < 1.29 is 4.39 Å². The summed E-state index contributed by atoms with van der Waals surface area (Å²) in [7, 11) is 0. The van der Waals surface area contributed by atoms with Gasteiger partial charge in [0.05, 0.1) is 38.6 Å². The van der Waals surface area contributed by atoms with Gasteiger partial charge < -0.3 is 21.0 Å². The highest BCUT2D eigenvalue weighted by Gasteiger charge is 2.29. The van der Waals surface area contributed by atoms with E-state index in [0.29, 0.717) is 38.9 Å². The van der Waals surface area contributed by atoms with Crippen molar-refractivity contribution in [3.63, 3.8) is 0 Å². The Bertz CT molecular complexity index is 1700. The van der Waals surface area contributed by atoms with E-state index < -0.39 is 5.82 Å². The Balaban J connectivity index is 1.35.